The molecule has 108 valence electrons. The number of hydrogen-bond donors (Lipinski definition) is 2. The van der Waals surface area contributed by atoms with Crippen molar-refractivity contribution in [3.05, 3.63) is 0 Å². The van der Waals surface area contributed by atoms with Crippen LogP contribution in [0, 0.1) is 5.92 Å². The van der Waals surface area contributed by atoms with Crippen LogP contribution in [0.5, 0.6) is 0 Å². The Labute approximate surface area is 114 Å². The first-order valence-corrected chi connectivity index (χ1v) is 6.97. The molecule has 6 heteroatoms. The molecule has 2 fully saturated rings. The van der Waals surface area contributed by atoms with Gasteiger partial charge in [0.2, 0.25) is 11.8 Å². The van der Waals surface area contributed by atoms with Crippen molar-refractivity contribution in [1.29, 1.82) is 0 Å². The number of amides is 2. The SMILES string of the molecule is CC1CN(CC(=O)N(C)CC(=O)NC2CC2)CC1N. The van der Waals surface area contributed by atoms with Gasteiger partial charge in [0, 0.05) is 32.2 Å². The minimum Gasteiger partial charge on any atom is -0.352 e. The fraction of sp³-hybridized carbons (Fsp3) is 0.846. The zero-order chi connectivity index (χ0) is 14.0. The van der Waals surface area contributed by atoms with E-state index in [-0.39, 0.29) is 24.4 Å². The van der Waals surface area contributed by atoms with Crippen LogP contribution in [0.4, 0.5) is 0 Å². The number of nitrogens with two attached hydrogens (primary N) is 1. The Balaban J connectivity index is 1.71. The number of nitrogens with one attached hydrogen (secondary N) is 1. The zero-order valence-electron chi connectivity index (χ0n) is 11.8. The average molecular weight is 268 g/mol. The molecule has 1 heterocycles. The highest BCUT2D eigenvalue weighted by Crippen LogP contribution is 2.18. The Morgan fingerprint density at radius 1 is 1.37 bits per heavy atom. The van der Waals surface area contributed by atoms with Crippen molar-refractivity contribution < 1.29 is 9.59 Å². The lowest BCUT2D eigenvalue weighted by Crippen LogP contribution is -2.43. The number of carbonyl (C=O) groups excluding carboxylic acids is 2. The van der Waals surface area contributed by atoms with E-state index in [0.29, 0.717) is 18.5 Å². The van der Waals surface area contributed by atoms with Gasteiger partial charge in [-0.15, -0.1) is 0 Å². The van der Waals surface area contributed by atoms with Crippen LogP contribution in [0.3, 0.4) is 0 Å². The predicted octanol–water partition coefficient (Wildman–Crippen LogP) is -0.998. The van der Waals surface area contributed by atoms with E-state index < -0.39 is 0 Å². The van der Waals surface area contributed by atoms with Gasteiger partial charge in [0.1, 0.15) is 0 Å². The summed E-state index contributed by atoms with van der Waals surface area (Å²) in [4.78, 5) is 27.2. The number of nitrogens with zero attached hydrogens (tertiary/aromatic N) is 2. The summed E-state index contributed by atoms with van der Waals surface area (Å²) < 4.78 is 0. The molecule has 2 aliphatic rings. The summed E-state index contributed by atoms with van der Waals surface area (Å²) in [6.45, 7) is 4.21. The zero-order valence-corrected chi connectivity index (χ0v) is 11.8. The molecule has 1 saturated heterocycles. The molecular weight excluding hydrogens is 244 g/mol. The predicted molar refractivity (Wildman–Crippen MR) is 72.4 cm³/mol. The van der Waals surface area contributed by atoms with Gasteiger partial charge in [0.15, 0.2) is 0 Å². The largest absolute Gasteiger partial charge is 0.352 e. The van der Waals surface area contributed by atoms with Crippen LogP contribution >= 0.6 is 0 Å². The van der Waals surface area contributed by atoms with Gasteiger partial charge in [-0.05, 0) is 18.8 Å². The van der Waals surface area contributed by atoms with Gasteiger partial charge in [0.25, 0.3) is 0 Å². The maximum atomic E-state index is 12.0. The van der Waals surface area contributed by atoms with Gasteiger partial charge < -0.3 is 16.0 Å². The molecule has 2 rings (SSSR count). The van der Waals surface area contributed by atoms with Crippen molar-refractivity contribution >= 4 is 11.8 Å². The first-order chi connectivity index (χ1) is 8.95. The number of carbonyl (C=O) groups is 2. The third kappa shape index (κ3) is 4.18. The quantitative estimate of drug-likeness (QED) is 0.670. The molecule has 1 saturated carbocycles. The summed E-state index contributed by atoms with van der Waals surface area (Å²) in [5.41, 5.74) is 5.93. The first-order valence-electron chi connectivity index (χ1n) is 6.97. The van der Waals surface area contributed by atoms with Crippen LogP contribution in [0.15, 0.2) is 0 Å². The minimum atomic E-state index is -0.0650. The number of rotatable bonds is 5. The van der Waals surface area contributed by atoms with E-state index in [0.717, 1.165) is 25.9 Å². The number of hydrogen-bond acceptors (Lipinski definition) is 4. The van der Waals surface area contributed by atoms with Crippen molar-refractivity contribution in [3.8, 4) is 0 Å². The molecule has 0 aromatic carbocycles. The van der Waals surface area contributed by atoms with E-state index in [1.54, 1.807) is 7.05 Å². The van der Waals surface area contributed by atoms with Gasteiger partial charge in [-0.3, -0.25) is 14.5 Å². The minimum absolute atomic E-state index is 0.0211. The molecule has 0 spiro atoms. The molecule has 19 heavy (non-hydrogen) atoms. The van der Waals surface area contributed by atoms with Crippen molar-refractivity contribution in [2.24, 2.45) is 11.7 Å². The normalized spacial score (nSPS) is 27.3. The van der Waals surface area contributed by atoms with Crippen LogP contribution in [0.1, 0.15) is 19.8 Å². The first kappa shape index (κ1) is 14.3. The second kappa shape index (κ2) is 5.88. The third-order valence-corrected chi connectivity index (χ3v) is 3.85. The van der Waals surface area contributed by atoms with E-state index >= 15 is 0 Å². The second-order valence-electron chi connectivity index (χ2n) is 5.93. The molecule has 0 bridgehead atoms. The lowest BCUT2D eigenvalue weighted by Gasteiger charge is -2.21. The Kier molecular flexibility index (Phi) is 4.42. The highest BCUT2D eigenvalue weighted by molar-refractivity contribution is 5.85. The Morgan fingerprint density at radius 2 is 2.05 bits per heavy atom. The Bertz CT molecular complexity index is 347. The summed E-state index contributed by atoms with van der Waals surface area (Å²) in [6, 6.07) is 0.490. The fourth-order valence-electron chi connectivity index (χ4n) is 2.34. The van der Waals surface area contributed by atoms with E-state index in [4.69, 9.17) is 5.73 Å². The highest BCUT2D eigenvalue weighted by Gasteiger charge is 2.29. The monoisotopic (exact) mass is 268 g/mol. The maximum absolute atomic E-state index is 12.0. The van der Waals surface area contributed by atoms with E-state index in [9.17, 15) is 9.59 Å². The van der Waals surface area contributed by atoms with Crippen molar-refractivity contribution in [3.63, 3.8) is 0 Å². The standard InChI is InChI=1S/C13H24N4O2/c1-9-5-17(6-11(9)14)8-13(19)16(2)7-12(18)15-10-3-4-10/h9-11H,3-8,14H2,1-2H3,(H,15,18). The third-order valence-electron chi connectivity index (χ3n) is 3.85. The Morgan fingerprint density at radius 3 is 2.58 bits per heavy atom. The fourth-order valence-corrected chi connectivity index (χ4v) is 2.34. The number of likely N-dealkylation sites (tertiary alicyclic amines) is 1. The van der Waals surface area contributed by atoms with Crippen molar-refractivity contribution in [2.45, 2.75) is 31.8 Å². The van der Waals surface area contributed by atoms with E-state index in [2.05, 4.69) is 17.1 Å². The smallest absolute Gasteiger partial charge is 0.239 e. The highest BCUT2D eigenvalue weighted by atomic mass is 16.2. The molecule has 2 amide bonds. The number of likely N-dealkylation sites (N-methyl/N-ethyl adjacent to an activating group) is 1. The molecule has 2 atom stereocenters. The van der Waals surface area contributed by atoms with Gasteiger partial charge >= 0.3 is 0 Å². The van der Waals surface area contributed by atoms with Gasteiger partial charge in [-0.2, -0.15) is 0 Å². The summed E-state index contributed by atoms with van der Waals surface area (Å²) >= 11 is 0. The van der Waals surface area contributed by atoms with Gasteiger partial charge in [0.05, 0.1) is 13.1 Å². The lowest BCUT2D eigenvalue weighted by molar-refractivity contribution is -0.135. The molecule has 3 N–H and O–H groups in total. The summed E-state index contributed by atoms with van der Waals surface area (Å²) in [5, 5.41) is 2.88. The molecule has 0 radical (unpaired) electrons. The van der Waals surface area contributed by atoms with Crippen molar-refractivity contribution in [1.82, 2.24) is 15.1 Å². The topological polar surface area (TPSA) is 78.7 Å². The second-order valence-corrected chi connectivity index (χ2v) is 5.93. The van der Waals surface area contributed by atoms with Crippen LogP contribution in [0.25, 0.3) is 0 Å². The molecule has 0 aromatic heterocycles. The van der Waals surface area contributed by atoms with Gasteiger partial charge in [-0.25, -0.2) is 0 Å². The van der Waals surface area contributed by atoms with Crippen LogP contribution in [-0.4, -0.2) is 66.9 Å². The molecule has 2 unspecified atom stereocenters. The summed E-state index contributed by atoms with van der Waals surface area (Å²) in [7, 11) is 1.67. The molecule has 0 aromatic rings. The van der Waals surface area contributed by atoms with Gasteiger partial charge in [-0.1, -0.05) is 6.92 Å². The van der Waals surface area contributed by atoms with E-state index in [1.165, 1.54) is 4.90 Å². The summed E-state index contributed by atoms with van der Waals surface area (Å²) in [6.07, 6.45) is 2.12. The van der Waals surface area contributed by atoms with Crippen LogP contribution in [0.2, 0.25) is 0 Å². The average Bonchev–Trinajstić information content (AvgIpc) is 3.06. The van der Waals surface area contributed by atoms with Crippen LogP contribution < -0.4 is 11.1 Å². The molecule has 6 nitrogen and oxygen atoms in total. The lowest BCUT2D eigenvalue weighted by atomic mass is 10.1. The molecule has 1 aliphatic heterocycles. The maximum Gasteiger partial charge on any atom is 0.239 e. The van der Waals surface area contributed by atoms with Crippen molar-refractivity contribution in [2.75, 3.05) is 33.2 Å². The molecular formula is C13H24N4O2. The Hall–Kier alpha value is -1.14. The van der Waals surface area contributed by atoms with Crippen LogP contribution in [-0.2, 0) is 9.59 Å². The summed E-state index contributed by atoms with van der Waals surface area (Å²) in [5.74, 6) is 0.341. The van der Waals surface area contributed by atoms with E-state index in [1.807, 2.05) is 0 Å². The molecule has 1 aliphatic carbocycles.